The monoisotopic (exact) mass is 479 g/mol. The van der Waals surface area contributed by atoms with Gasteiger partial charge in [0.05, 0.1) is 5.75 Å². The van der Waals surface area contributed by atoms with Crippen molar-refractivity contribution in [1.29, 1.82) is 0 Å². The van der Waals surface area contributed by atoms with E-state index in [1.807, 2.05) is 18.4 Å². The molecule has 0 aliphatic heterocycles. The van der Waals surface area contributed by atoms with Crippen LogP contribution in [0.25, 0.3) is 0 Å². The van der Waals surface area contributed by atoms with E-state index < -0.39 is 0 Å². The number of carbonyl (C=O) groups excluding carboxylic acids is 1. The Morgan fingerprint density at radius 2 is 1.70 bits per heavy atom. The van der Waals surface area contributed by atoms with Gasteiger partial charge >= 0.3 is 0 Å². The van der Waals surface area contributed by atoms with Crippen molar-refractivity contribution in [3.05, 3.63) is 34.9 Å². The van der Waals surface area contributed by atoms with Crippen LogP contribution >= 0.6 is 46.5 Å². The predicted molar refractivity (Wildman–Crippen MR) is 125 cm³/mol. The quantitative estimate of drug-likeness (QED) is 0.455. The van der Waals surface area contributed by atoms with Gasteiger partial charge in [-0.25, -0.2) is 0 Å². The largest absolute Gasteiger partial charge is 0.332 e. The van der Waals surface area contributed by atoms with Gasteiger partial charge in [0.1, 0.15) is 0 Å². The SMILES string of the molecule is CSc1nnc(SCC(=O)N(Cc2ccc(Cl)cc2)C23CC4CC(CC(C4)C2)C3)s1. The van der Waals surface area contributed by atoms with E-state index in [1.54, 1.807) is 23.1 Å². The Morgan fingerprint density at radius 3 is 2.27 bits per heavy atom. The lowest BCUT2D eigenvalue weighted by Gasteiger charge is -2.60. The van der Waals surface area contributed by atoms with Crippen LogP contribution in [-0.2, 0) is 11.3 Å². The second-order valence-electron chi connectivity index (χ2n) is 9.07. The van der Waals surface area contributed by atoms with Crippen LogP contribution in [0.5, 0.6) is 0 Å². The lowest BCUT2D eigenvalue weighted by molar-refractivity contribution is -0.149. The van der Waals surface area contributed by atoms with E-state index in [-0.39, 0.29) is 11.4 Å². The van der Waals surface area contributed by atoms with Gasteiger partial charge in [-0.15, -0.1) is 10.2 Å². The normalized spacial score (nSPS) is 29.3. The van der Waals surface area contributed by atoms with E-state index in [9.17, 15) is 4.79 Å². The maximum absolute atomic E-state index is 13.6. The zero-order valence-electron chi connectivity index (χ0n) is 17.1. The average molecular weight is 480 g/mol. The minimum absolute atomic E-state index is 0.0393. The van der Waals surface area contributed by atoms with Crippen LogP contribution in [0.3, 0.4) is 0 Å². The minimum atomic E-state index is 0.0393. The number of amides is 1. The van der Waals surface area contributed by atoms with Gasteiger partial charge in [-0.1, -0.05) is 58.6 Å². The van der Waals surface area contributed by atoms with Crippen molar-refractivity contribution >= 4 is 52.4 Å². The standard InChI is InChI=1S/C22H26ClN3OS3/c1-28-20-24-25-21(30-20)29-13-19(27)26(12-14-2-4-18(23)5-3-14)22-9-15-6-16(10-22)8-17(7-15)11-22/h2-5,15-17H,6-13H2,1H3. The number of rotatable bonds is 7. The van der Waals surface area contributed by atoms with Crippen molar-refractivity contribution < 1.29 is 4.79 Å². The van der Waals surface area contributed by atoms with Gasteiger partial charge in [0, 0.05) is 17.1 Å². The minimum Gasteiger partial charge on any atom is -0.332 e. The summed E-state index contributed by atoms with van der Waals surface area (Å²) in [5, 5.41) is 9.13. The molecule has 1 heterocycles. The molecule has 8 heteroatoms. The van der Waals surface area contributed by atoms with Crippen molar-refractivity contribution in [2.45, 2.75) is 59.3 Å². The van der Waals surface area contributed by atoms with Gasteiger partial charge in [-0.2, -0.15) is 0 Å². The summed E-state index contributed by atoms with van der Waals surface area (Å²) in [6, 6.07) is 7.98. The maximum atomic E-state index is 13.6. The summed E-state index contributed by atoms with van der Waals surface area (Å²) in [5.74, 6) is 3.07. The third-order valence-corrected chi connectivity index (χ3v) is 10.3. The summed E-state index contributed by atoms with van der Waals surface area (Å²) in [5.41, 5.74) is 1.20. The van der Waals surface area contributed by atoms with Gasteiger partial charge in [0.15, 0.2) is 8.68 Å². The van der Waals surface area contributed by atoms with Gasteiger partial charge in [0.2, 0.25) is 5.91 Å². The molecule has 4 fully saturated rings. The fourth-order valence-electron chi connectivity index (χ4n) is 6.23. The van der Waals surface area contributed by atoms with Crippen LogP contribution in [0, 0.1) is 17.8 Å². The Kier molecular flexibility index (Phi) is 6.08. The Hall–Kier alpha value is -0.760. The van der Waals surface area contributed by atoms with E-state index in [1.165, 1.54) is 50.3 Å². The van der Waals surface area contributed by atoms with Crippen LogP contribution in [0.15, 0.2) is 32.9 Å². The first-order valence-corrected chi connectivity index (χ1v) is 14.0. The zero-order valence-corrected chi connectivity index (χ0v) is 20.3. The van der Waals surface area contributed by atoms with E-state index in [4.69, 9.17) is 11.6 Å². The molecule has 0 saturated heterocycles. The molecule has 4 saturated carbocycles. The smallest absolute Gasteiger partial charge is 0.233 e. The number of hydrogen-bond acceptors (Lipinski definition) is 6. The van der Waals surface area contributed by atoms with Crippen LogP contribution < -0.4 is 0 Å². The Balaban J connectivity index is 1.38. The molecule has 6 rings (SSSR count). The number of halogens is 1. The Morgan fingerprint density at radius 1 is 1.10 bits per heavy atom. The fraction of sp³-hybridized carbons (Fsp3) is 0.591. The van der Waals surface area contributed by atoms with Gasteiger partial charge < -0.3 is 4.90 Å². The topological polar surface area (TPSA) is 46.1 Å². The number of carbonyl (C=O) groups is 1. The molecule has 30 heavy (non-hydrogen) atoms. The predicted octanol–water partition coefficient (Wildman–Crippen LogP) is 6.00. The molecular weight excluding hydrogens is 454 g/mol. The molecule has 4 aliphatic carbocycles. The highest BCUT2D eigenvalue weighted by Crippen LogP contribution is 2.58. The van der Waals surface area contributed by atoms with Crippen LogP contribution in [-0.4, -0.2) is 38.6 Å². The summed E-state index contributed by atoms with van der Waals surface area (Å²) >= 11 is 10.8. The average Bonchev–Trinajstić information content (AvgIpc) is 3.18. The van der Waals surface area contributed by atoms with E-state index in [0.717, 1.165) is 37.0 Å². The van der Waals surface area contributed by atoms with Crippen molar-refractivity contribution in [2.75, 3.05) is 12.0 Å². The molecule has 2 aromatic rings. The second-order valence-corrected chi connectivity index (χ2v) is 12.8. The molecule has 4 aliphatic rings. The second kappa shape index (κ2) is 8.64. The van der Waals surface area contributed by atoms with Crippen molar-refractivity contribution in [3.8, 4) is 0 Å². The van der Waals surface area contributed by atoms with Gasteiger partial charge in [0.25, 0.3) is 0 Å². The van der Waals surface area contributed by atoms with Crippen LogP contribution in [0.1, 0.15) is 44.1 Å². The fourth-order valence-corrected chi connectivity index (χ4v) is 8.67. The highest BCUT2D eigenvalue weighted by molar-refractivity contribution is 8.03. The highest BCUT2D eigenvalue weighted by atomic mass is 35.5. The summed E-state index contributed by atoms with van der Waals surface area (Å²) in [4.78, 5) is 15.9. The van der Waals surface area contributed by atoms with Crippen molar-refractivity contribution in [2.24, 2.45) is 17.8 Å². The molecule has 160 valence electrons. The number of nitrogens with zero attached hydrogens (tertiary/aromatic N) is 3. The molecule has 4 bridgehead atoms. The first kappa shape index (κ1) is 21.1. The van der Waals surface area contributed by atoms with E-state index >= 15 is 0 Å². The number of hydrogen-bond donors (Lipinski definition) is 0. The van der Waals surface area contributed by atoms with Crippen LogP contribution in [0.2, 0.25) is 5.02 Å². The van der Waals surface area contributed by atoms with Gasteiger partial charge in [-0.05, 0) is 80.2 Å². The number of aromatic nitrogens is 2. The van der Waals surface area contributed by atoms with Crippen molar-refractivity contribution in [1.82, 2.24) is 15.1 Å². The lowest BCUT2D eigenvalue weighted by atomic mass is 9.52. The first-order chi connectivity index (χ1) is 14.5. The third kappa shape index (κ3) is 4.27. The molecule has 4 nitrogen and oxygen atoms in total. The lowest BCUT2D eigenvalue weighted by Crippen LogP contribution is -2.61. The molecule has 0 unspecified atom stereocenters. The molecule has 0 atom stereocenters. The molecule has 1 amide bonds. The number of benzene rings is 1. The molecule has 0 N–H and O–H groups in total. The molecule has 0 radical (unpaired) electrons. The summed E-state index contributed by atoms with van der Waals surface area (Å²) in [6.07, 6.45) is 9.66. The molecule has 1 aromatic heterocycles. The summed E-state index contributed by atoms with van der Waals surface area (Å²) in [7, 11) is 0. The first-order valence-electron chi connectivity index (χ1n) is 10.6. The third-order valence-electron chi connectivity index (χ3n) is 7.02. The molecule has 0 spiro atoms. The zero-order chi connectivity index (χ0) is 20.7. The Labute approximate surface area is 195 Å². The van der Waals surface area contributed by atoms with E-state index in [0.29, 0.717) is 12.3 Å². The molecular formula is C22H26ClN3OS3. The highest BCUT2D eigenvalue weighted by Gasteiger charge is 2.54. The summed E-state index contributed by atoms with van der Waals surface area (Å²) in [6.45, 7) is 0.675. The summed E-state index contributed by atoms with van der Waals surface area (Å²) < 4.78 is 1.83. The number of thioether (sulfide) groups is 2. The molecule has 1 aromatic carbocycles. The van der Waals surface area contributed by atoms with Crippen LogP contribution in [0.4, 0.5) is 0 Å². The van der Waals surface area contributed by atoms with Gasteiger partial charge in [-0.3, -0.25) is 4.79 Å². The van der Waals surface area contributed by atoms with E-state index in [2.05, 4.69) is 27.2 Å². The van der Waals surface area contributed by atoms with Crippen molar-refractivity contribution in [3.63, 3.8) is 0 Å². The maximum Gasteiger partial charge on any atom is 0.233 e. The Bertz CT molecular complexity index is 881.